The van der Waals surface area contributed by atoms with Crippen molar-refractivity contribution in [3.05, 3.63) is 65.2 Å². The largest absolute Gasteiger partial charge is 0.494 e. The van der Waals surface area contributed by atoms with Gasteiger partial charge in [-0.2, -0.15) is 0 Å². The first-order chi connectivity index (χ1) is 13.0. The molecule has 0 saturated heterocycles. The first-order valence-electron chi connectivity index (χ1n) is 8.65. The van der Waals surface area contributed by atoms with E-state index in [1.54, 1.807) is 18.2 Å². The van der Waals surface area contributed by atoms with Crippen LogP contribution in [0.2, 0.25) is 0 Å². The predicted molar refractivity (Wildman–Crippen MR) is 104 cm³/mol. The van der Waals surface area contributed by atoms with Crippen molar-refractivity contribution < 1.29 is 19.8 Å². The van der Waals surface area contributed by atoms with E-state index < -0.39 is 5.97 Å². The average molecular weight is 364 g/mol. The fourth-order valence-electron chi connectivity index (χ4n) is 2.97. The van der Waals surface area contributed by atoms with Crippen LogP contribution >= 0.6 is 0 Å². The van der Waals surface area contributed by atoms with Crippen LogP contribution in [0, 0.1) is 0 Å². The van der Waals surface area contributed by atoms with Gasteiger partial charge in [0.05, 0.1) is 11.3 Å². The van der Waals surface area contributed by atoms with Gasteiger partial charge in [0.25, 0.3) is 0 Å². The molecular formula is C21H20N2O4. The number of Topliss-reactive ketones (excluding diaryl/α,β-unsaturated/α-hetero) is 1. The lowest BCUT2D eigenvalue weighted by molar-refractivity contribution is -0.137. The highest BCUT2D eigenvalue weighted by Gasteiger charge is 2.19. The molecular weight excluding hydrogens is 344 g/mol. The molecule has 138 valence electrons. The van der Waals surface area contributed by atoms with Crippen molar-refractivity contribution in [2.75, 3.05) is 6.54 Å². The molecule has 0 unspecified atom stereocenters. The van der Waals surface area contributed by atoms with Crippen molar-refractivity contribution in [1.29, 1.82) is 0 Å². The van der Waals surface area contributed by atoms with E-state index in [9.17, 15) is 14.7 Å². The summed E-state index contributed by atoms with van der Waals surface area (Å²) in [5, 5.41) is 20.0. The fraction of sp³-hybridized carbons (Fsp3) is 0.190. The summed E-state index contributed by atoms with van der Waals surface area (Å²) in [6.07, 6.45) is 0.424. The molecule has 0 radical (unpaired) electrons. The number of carboxylic acid groups (broad SMARTS) is 1. The van der Waals surface area contributed by atoms with E-state index in [0.29, 0.717) is 40.7 Å². The van der Waals surface area contributed by atoms with Crippen LogP contribution in [0.3, 0.4) is 0 Å². The molecule has 0 fully saturated rings. The van der Waals surface area contributed by atoms with Crippen molar-refractivity contribution in [3.63, 3.8) is 0 Å². The van der Waals surface area contributed by atoms with Gasteiger partial charge >= 0.3 is 5.97 Å². The molecule has 6 heteroatoms. The Balaban J connectivity index is 2.12. The number of fused-ring (bicyclic) bond motifs is 1. The van der Waals surface area contributed by atoms with E-state index in [4.69, 9.17) is 5.11 Å². The number of hydrogen-bond donors (Lipinski definition) is 3. The quantitative estimate of drug-likeness (QED) is 0.337. The number of hydrogen-bond acceptors (Lipinski definition) is 4. The van der Waals surface area contributed by atoms with E-state index in [2.05, 4.69) is 9.98 Å². The topological polar surface area (TPSA) is 103 Å². The zero-order valence-electron chi connectivity index (χ0n) is 14.9. The minimum Gasteiger partial charge on any atom is -0.494 e. The SMILES string of the molecule is CC(=O)c1ccc2[nH]c(O)c(C(=NCCCC(=O)O)c3ccccc3)c2c1. The number of nitrogens with one attached hydrogen (secondary N) is 1. The molecule has 0 spiro atoms. The molecule has 0 amide bonds. The minimum atomic E-state index is -0.868. The number of aromatic hydroxyl groups is 1. The smallest absolute Gasteiger partial charge is 0.303 e. The molecule has 1 heterocycles. The molecule has 0 bridgehead atoms. The standard InChI is InChI=1S/C21H20N2O4/c1-13(24)15-9-10-17-16(12-15)19(21(27)23-17)20(14-6-3-2-4-7-14)22-11-5-8-18(25)26/h2-4,6-7,9-10,12,23,27H,5,8,11H2,1H3,(H,25,26). The van der Waals surface area contributed by atoms with E-state index in [1.165, 1.54) is 6.92 Å². The van der Waals surface area contributed by atoms with Gasteiger partial charge in [-0.05, 0) is 31.5 Å². The van der Waals surface area contributed by atoms with Crippen LogP contribution < -0.4 is 0 Å². The van der Waals surface area contributed by atoms with Gasteiger partial charge in [-0.25, -0.2) is 0 Å². The zero-order valence-corrected chi connectivity index (χ0v) is 14.9. The number of aliphatic imine (C=N–C) groups is 1. The average Bonchev–Trinajstić information content (AvgIpc) is 2.97. The molecule has 1 aromatic heterocycles. The van der Waals surface area contributed by atoms with Crippen molar-refractivity contribution in [2.45, 2.75) is 19.8 Å². The number of benzene rings is 2. The number of rotatable bonds is 7. The van der Waals surface area contributed by atoms with Gasteiger partial charge in [-0.3, -0.25) is 14.6 Å². The fourth-order valence-corrected chi connectivity index (χ4v) is 2.97. The maximum absolute atomic E-state index is 11.8. The van der Waals surface area contributed by atoms with Gasteiger partial charge in [-0.1, -0.05) is 30.3 Å². The third-order valence-electron chi connectivity index (χ3n) is 4.29. The second kappa shape index (κ2) is 7.86. The van der Waals surface area contributed by atoms with Crippen LogP contribution in [0.25, 0.3) is 10.9 Å². The monoisotopic (exact) mass is 364 g/mol. The highest BCUT2D eigenvalue weighted by atomic mass is 16.4. The van der Waals surface area contributed by atoms with Crippen LogP contribution in [0.5, 0.6) is 5.88 Å². The highest BCUT2D eigenvalue weighted by Crippen LogP contribution is 2.31. The summed E-state index contributed by atoms with van der Waals surface area (Å²) in [7, 11) is 0. The second-order valence-electron chi connectivity index (χ2n) is 6.26. The second-order valence-corrected chi connectivity index (χ2v) is 6.26. The lowest BCUT2D eigenvalue weighted by Crippen LogP contribution is -2.05. The summed E-state index contributed by atoms with van der Waals surface area (Å²) >= 11 is 0. The summed E-state index contributed by atoms with van der Waals surface area (Å²) < 4.78 is 0. The van der Waals surface area contributed by atoms with Gasteiger partial charge in [0.15, 0.2) is 11.7 Å². The predicted octanol–water partition coefficient (Wildman–Crippen LogP) is 3.78. The number of H-pyrrole nitrogens is 1. The molecule has 0 aliphatic carbocycles. The van der Waals surface area contributed by atoms with Gasteiger partial charge in [0.2, 0.25) is 0 Å². The minimum absolute atomic E-state index is 0.0277. The number of carbonyl (C=O) groups excluding carboxylic acids is 1. The Hall–Kier alpha value is -3.41. The molecule has 3 rings (SSSR count). The molecule has 0 saturated carbocycles. The van der Waals surface area contributed by atoms with E-state index in [-0.39, 0.29) is 18.1 Å². The van der Waals surface area contributed by atoms with Crippen LogP contribution in [0.1, 0.15) is 41.3 Å². The lowest BCUT2D eigenvalue weighted by Gasteiger charge is -2.08. The Bertz CT molecular complexity index is 1020. The summed E-state index contributed by atoms with van der Waals surface area (Å²) in [6, 6.07) is 14.6. The first-order valence-corrected chi connectivity index (χ1v) is 8.65. The maximum Gasteiger partial charge on any atom is 0.303 e. The molecule has 3 N–H and O–H groups in total. The highest BCUT2D eigenvalue weighted by molar-refractivity contribution is 6.21. The van der Waals surface area contributed by atoms with Crippen LogP contribution in [0.4, 0.5) is 0 Å². The maximum atomic E-state index is 11.8. The van der Waals surface area contributed by atoms with E-state index >= 15 is 0 Å². The van der Waals surface area contributed by atoms with Crippen LogP contribution in [-0.4, -0.2) is 39.2 Å². The summed E-state index contributed by atoms with van der Waals surface area (Å²) in [5.41, 5.74) is 3.11. The Morgan fingerprint density at radius 1 is 1.07 bits per heavy atom. The third-order valence-corrected chi connectivity index (χ3v) is 4.29. The number of aromatic amines is 1. The molecule has 0 aliphatic heterocycles. The molecule has 3 aromatic rings. The number of carboxylic acids is 1. The number of aromatic nitrogens is 1. The lowest BCUT2D eigenvalue weighted by atomic mass is 9.99. The Morgan fingerprint density at radius 2 is 1.81 bits per heavy atom. The first kappa shape index (κ1) is 18.4. The third kappa shape index (κ3) is 4.06. The van der Waals surface area contributed by atoms with Crippen LogP contribution in [0.15, 0.2) is 53.5 Å². The van der Waals surface area contributed by atoms with Gasteiger partial charge in [0.1, 0.15) is 0 Å². The van der Waals surface area contributed by atoms with Crippen LogP contribution in [-0.2, 0) is 4.79 Å². The normalized spacial score (nSPS) is 11.7. The van der Waals surface area contributed by atoms with Gasteiger partial charge < -0.3 is 15.2 Å². The summed E-state index contributed by atoms with van der Waals surface area (Å²) in [4.78, 5) is 30.0. The molecule has 0 atom stereocenters. The Morgan fingerprint density at radius 3 is 2.48 bits per heavy atom. The molecule has 0 aliphatic rings. The number of carbonyl (C=O) groups is 2. The zero-order chi connectivity index (χ0) is 19.4. The van der Waals surface area contributed by atoms with E-state index in [1.807, 2.05) is 30.3 Å². The Kier molecular flexibility index (Phi) is 5.35. The van der Waals surface area contributed by atoms with Gasteiger partial charge in [-0.15, -0.1) is 0 Å². The van der Waals surface area contributed by atoms with Crippen molar-refractivity contribution in [2.24, 2.45) is 4.99 Å². The molecule has 6 nitrogen and oxygen atoms in total. The molecule has 27 heavy (non-hydrogen) atoms. The van der Waals surface area contributed by atoms with Gasteiger partial charge in [0, 0.05) is 35.0 Å². The summed E-state index contributed by atoms with van der Waals surface area (Å²) in [5.74, 6) is -0.970. The Labute approximate surface area is 156 Å². The van der Waals surface area contributed by atoms with Crippen molar-refractivity contribution in [1.82, 2.24) is 4.98 Å². The van der Waals surface area contributed by atoms with Crippen molar-refractivity contribution in [3.8, 4) is 5.88 Å². The number of nitrogens with zero attached hydrogens (tertiary/aromatic N) is 1. The summed E-state index contributed by atoms with van der Waals surface area (Å²) in [6.45, 7) is 1.81. The number of ketones is 1. The number of aliphatic carboxylic acids is 1. The van der Waals surface area contributed by atoms with Crippen molar-refractivity contribution >= 4 is 28.4 Å². The molecule has 2 aromatic carbocycles. The van der Waals surface area contributed by atoms with E-state index in [0.717, 1.165) is 5.56 Å².